The van der Waals surface area contributed by atoms with Crippen molar-refractivity contribution >= 4 is 22.4 Å². The molecule has 0 amide bonds. The number of hydrogen-bond acceptors (Lipinski definition) is 8. The first-order chi connectivity index (χ1) is 17.1. The largest absolute Gasteiger partial charge is 0.493 e. The SMILES string of the molecule is COC1CCN(c2ccc3c(n2)CN2C(C)CN(c4ccc(C#N)c5nc(O)ccc45)CC32)CC1. The van der Waals surface area contributed by atoms with Crippen molar-refractivity contribution in [2.24, 2.45) is 0 Å². The van der Waals surface area contributed by atoms with E-state index in [4.69, 9.17) is 9.72 Å². The standard InChI is InChI=1S/C27H30N6O2/c1-17-14-32(23-6-3-18(13-28)27-21(23)5-8-26(34)30-27)16-24-20-4-7-25(29-22(20)15-33(17)24)31-11-9-19(35-2)10-12-31/h3-8,17,19,24H,9-12,14-16H2,1-2H3,(H,30,34). The highest BCUT2D eigenvalue weighted by Crippen LogP contribution is 2.41. The number of nitrogens with zero attached hydrogens (tertiary/aromatic N) is 6. The van der Waals surface area contributed by atoms with Crippen molar-refractivity contribution in [3.05, 3.63) is 53.2 Å². The van der Waals surface area contributed by atoms with Gasteiger partial charge >= 0.3 is 0 Å². The highest BCUT2D eigenvalue weighted by Gasteiger charge is 2.40. The van der Waals surface area contributed by atoms with E-state index in [1.165, 1.54) is 11.3 Å². The molecule has 2 saturated heterocycles. The number of anilines is 2. The molecule has 0 radical (unpaired) electrons. The molecule has 8 heteroatoms. The quantitative estimate of drug-likeness (QED) is 0.621. The molecule has 35 heavy (non-hydrogen) atoms. The van der Waals surface area contributed by atoms with Gasteiger partial charge in [0.25, 0.3) is 0 Å². The van der Waals surface area contributed by atoms with E-state index in [2.05, 4.69) is 44.8 Å². The number of hydrogen-bond donors (Lipinski definition) is 1. The topological polar surface area (TPSA) is 88.8 Å². The van der Waals surface area contributed by atoms with Crippen LogP contribution in [0.1, 0.15) is 42.6 Å². The predicted octanol–water partition coefficient (Wildman–Crippen LogP) is 3.59. The van der Waals surface area contributed by atoms with Crippen LogP contribution in [0.2, 0.25) is 0 Å². The van der Waals surface area contributed by atoms with Gasteiger partial charge in [-0.2, -0.15) is 5.26 Å². The number of fused-ring (bicyclic) bond motifs is 4. The molecule has 1 aromatic carbocycles. The number of nitriles is 1. The van der Waals surface area contributed by atoms with Gasteiger partial charge in [0.2, 0.25) is 5.88 Å². The Morgan fingerprint density at radius 3 is 2.63 bits per heavy atom. The normalized spacial score (nSPS) is 22.8. The lowest BCUT2D eigenvalue weighted by atomic mass is 10.0. The lowest BCUT2D eigenvalue weighted by molar-refractivity contribution is 0.0818. The summed E-state index contributed by atoms with van der Waals surface area (Å²) >= 11 is 0. The van der Waals surface area contributed by atoms with Gasteiger partial charge in [-0.3, -0.25) is 4.90 Å². The van der Waals surface area contributed by atoms with Gasteiger partial charge in [0.1, 0.15) is 11.9 Å². The van der Waals surface area contributed by atoms with Crippen molar-refractivity contribution in [1.82, 2.24) is 14.9 Å². The van der Waals surface area contributed by atoms with Crippen molar-refractivity contribution < 1.29 is 9.84 Å². The van der Waals surface area contributed by atoms with E-state index in [9.17, 15) is 10.4 Å². The van der Waals surface area contributed by atoms with Crippen molar-refractivity contribution in [3.8, 4) is 11.9 Å². The van der Waals surface area contributed by atoms with Gasteiger partial charge in [-0.1, -0.05) is 6.07 Å². The summed E-state index contributed by atoms with van der Waals surface area (Å²) in [5.41, 5.74) is 4.58. The van der Waals surface area contributed by atoms with E-state index in [0.717, 1.165) is 62.5 Å². The number of benzene rings is 1. The van der Waals surface area contributed by atoms with Crippen LogP contribution < -0.4 is 9.80 Å². The van der Waals surface area contributed by atoms with E-state index < -0.39 is 0 Å². The Kier molecular flexibility index (Phi) is 5.47. The second-order valence-electron chi connectivity index (χ2n) is 9.88. The highest BCUT2D eigenvalue weighted by atomic mass is 16.5. The van der Waals surface area contributed by atoms with E-state index in [1.807, 2.05) is 18.2 Å². The van der Waals surface area contributed by atoms with Crippen molar-refractivity contribution in [1.29, 1.82) is 5.26 Å². The Morgan fingerprint density at radius 2 is 1.86 bits per heavy atom. The molecule has 8 nitrogen and oxygen atoms in total. The summed E-state index contributed by atoms with van der Waals surface area (Å²) in [7, 11) is 1.80. The zero-order valence-electron chi connectivity index (χ0n) is 20.2. The first kappa shape index (κ1) is 22.1. The minimum absolute atomic E-state index is 0.0672. The molecule has 0 spiro atoms. The van der Waals surface area contributed by atoms with Crippen LogP contribution in [0.4, 0.5) is 11.5 Å². The maximum atomic E-state index is 9.91. The summed E-state index contributed by atoms with van der Waals surface area (Å²) in [6, 6.07) is 14.6. The Labute approximate surface area is 205 Å². The molecule has 0 aliphatic carbocycles. The first-order valence-corrected chi connectivity index (χ1v) is 12.4. The van der Waals surface area contributed by atoms with Crippen LogP contribution in [-0.2, 0) is 11.3 Å². The van der Waals surface area contributed by atoms with Crippen LogP contribution in [0.15, 0.2) is 36.4 Å². The molecular formula is C27H30N6O2. The molecule has 180 valence electrons. The molecule has 5 heterocycles. The van der Waals surface area contributed by atoms with Crippen LogP contribution in [0.3, 0.4) is 0 Å². The molecule has 3 aliphatic heterocycles. The second-order valence-corrected chi connectivity index (χ2v) is 9.88. The molecule has 6 rings (SSSR count). The number of methoxy groups -OCH3 is 1. The van der Waals surface area contributed by atoms with Crippen molar-refractivity contribution in [2.45, 2.75) is 44.5 Å². The summed E-state index contributed by atoms with van der Waals surface area (Å²) < 4.78 is 5.53. The van der Waals surface area contributed by atoms with E-state index in [-0.39, 0.29) is 11.9 Å². The predicted molar refractivity (Wildman–Crippen MR) is 135 cm³/mol. The van der Waals surface area contributed by atoms with E-state index in [0.29, 0.717) is 23.2 Å². The fraction of sp³-hybridized carbons (Fsp3) is 0.444. The fourth-order valence-corrected chi connectivity index (χ4v) is 6.02. The lowest BCUT2D eigenvalue weighted by Crippen LogP contribution is -2.51. The van der Waals surface area contributed by atoms with Gasteiger partial charge in [-0.05, 0) is 49.6 Å². The molecule has 2 unspecified atom stereocenters. The molecular weight excluding hydrogens is 440 g/mol. The Bertz CT molecular complexity index is 1310. The summed E-state index contributed by atoms with van der Waals surface area (Å²) in [4.78, 5) is 16.7. The lowest BCUT2D eigenvalue weighted by Gasteiger charge is -2.43. The van der Waals surface area contributed by atoms with Gasteiger partial charge in [0, 0.05) is 63.0 Å². The van der Waals surface area contributed by atoms with Gasteiger partial charge in [0.05, 0.1) is 28.9 Å². The zero-order valence-corrected chi connectivity index (χ0v) is 20.2. The minimum Gasteiger partial charge on any atom is -0.493 e. The summed E-state index contributed by atoms with van der Waals surface area (Å²) in [6.45, 7) is 6.84. The minimum atomic E-state index is -0.0672. The van der Waals surface area contributed by atoms with E-state index in [1.54, 1.807) is 13.2 Å². The van der Waals surface area contributed by atoms with Gasteiger partial charge in [-0.25, -0.2) is 9.97 Å². The van der Waals surface area contributed by atoms with Crippen molar-refractivity contribution in [2.75, 3.05) is 43.1 Å². The van der Waals surface area contributed by atoms with Crippen LogP contribution in [0.25, 0.3) is 10.9 Å². The summed E-state index contributed by atoms with van der Waals surface area (Å²) in [5, 5.41) is 20.3. The van der Waals surface area contributed by atoms with Gasteiger partial charge in [-0.15, -0.1) is 0 Å². The molecule has 3 aliphatic rings. The molecule has 2 atom stereocenters. The average molecular weight is 471 g/mol. The number of aromatic nitrogens is 2. The number of aromatic hydroxyl groups is 1. The highest BCUT2D eigenvalue weighted by molar-refractivity contribution is 5.95. The smallest absolute Gasteiger partial charge is 0.211 e. The number of piperazine rings is 1. The molecule has 0 bridgehead atoms. The summed E-state index contributed by atoms with van der Waals surface area (Å²) in [6.07, 6.45) is 2.45. The second kappa shape index (κ2) is 8.67. The van der Waals surface area contributed by atoms with Crippen LogP contribution in [0, 0.1) is 11.3 Å². The summed E-state index contributed by atoms with van der Waals surface area (Å²) in [5.74, 6) is 1.01. The maximum absolute atomic E-state index is 9.91. The third-order valence-electron chi connectivity index (χ3n) is 7.91. The Balaban J connectivity index is 1.29. The van der Waals surface area contributed by atoms with Gasteiger partial charge < -0.3 is 19.6 Å². The first-order valence-electron chi connectivity index (χ1n) is 12.4. The Morgan fingerprint density at radius 1 is 1.03 bits per heavy atom. The molecule has 2 fully saturated rings. The Hall–Kier alpha value is -3.41. The third kappa shape index (κ3) is 3.76. The molecule has 3 aromatic rings. The number of pyridine rings is 2. The monoisotopic (exact) mass is 470 g/mol. The third-order valence-corrected chi connectivity index (χ3v) is 7.91. The zero-order chi connectivity index (χ0) is 24.1. The molecule has 0 saturated carbocycles. The average Bonchev–Trinajstić information content (AvgIpc) is 3.26. The maximum Gasteiger partial charge on any atom is 0.211 e. The number of piperidine rings is 1. The van der Waals surface area contributed by atoms with Crippen LogP contribution in [-0.4, -0.2) is 65.4 Å². The molecule has 1 N–H and O–H groups in total. The number of rotatable bonds is 3. The van der Waals surface area contributed by atoms with Crippen LogP contribution >= 0.6 is 0 Å². The number of ether oxygens (including phenoxy) is 1. The van der Waals surface area contributed by atoms with Crippen LogP contribution in [0.5, 0.6) is 5.88 Å². The van der Waals surface area contributed by atoms with Crippen molar-refractivity contribution in [3.63, 3.8) is 0 Å². The van der Waals surface area contributed by atoms with Gasteiger partial charge in [0.15, 0.2) is 0 Å². The fourth-order valence-electron chi connectivity index (χ4n) is 6.02. The molecule has 2 aromatic heterocycles. The van der Waals surface area contributed by atoms with E-state index >= 15 is 0 Å².